The van der Waals surface area contributed by atoms with Gasteiger partial charge in [-0.3, -0.25) is 9.59 Å². The van der Waals surface area contributed by atoms with E-state index in [0.29, 0.717) is 37.2 Å². The van der Waals surface area contributed by atoms with Crippen molar-refractivity contribution < 1.29 is 14.3 Å². The van der Waals surface area contributed by atoms with E-state index < -0.39 is 5.54 Å². The van der Waals surface area contributed by atoms with Crippen LogP contribution in [0.15, 0.2) is 18.2 Å². The normalized spacial score (nSPS) is 14.7. The van der Waals surface area contributed by atoms with E-state index in [4.69, 9.17) is 22.1 Å². The smallest absolute Gasteiger partial charge is 0.252 e. The number of methoxy groups -OCH3 is 1. The van der Waals surface area contributed by atoms with E-state index >= 15 is 0 Å². The second-order valence-corrected chi connectivity index (χ2v) is 5.46. The van der Waals surface area contributed by atoms with E-state index in [-0.39, 0.29) is 29.2 Å². The minimum absolute atomic E-state index is 0. The van der Waals surface area contributed by atoms with Crippen molar-refractivity contribution in [2.75, 3.05) is 25.6 Å². The standard InChI is InChI=1S/C14H18ClN3O3.ClH/c1-21-7-6-17-12(19)10-3-2-9(8-11(10)15)18-13(20)14(16)4-5-14;/h2-3,8H,4-7,16H2,1H3,(H,17,19)(H,18,20);1H. The lowest BCUT2D eigenvalue weighted by Gasteiger charge is -2.12. The number of anilines is 1. The fourth-order valence-electron chi connectivity index (χ4n) is 1.76. The van der Waals surface area contributed by atoms with Gasteiger partial charge in [0, 0.05) is 19.3 Å². The van der Waals surface area contributed by atoms with Crippen LogP contribution in [-0.4, -0.2) is 37.6 Å². The molecule has 1 fully saturated rings. The average Bonchev–Trinajstić information content (AvgIpc) is 3.18. The number of hydrogen-bond acceptors (Lipinski definition) is 4. The highest BCUT2D eigenvalue weighted by atomic mass is 35.5. The molecule has 8 heteroatoms. The first-order valence-corrected chi connectivity index (χ1v) is 7.01. The van der Waals surface area contributed by atoms with Gasteiger partial charge in [0.2, 0.25) is 5.91 Å². The molecular formula is C14H19Cl2N3O3. The summed E-state index contributed by atoms with van der Waals surface area (Å²) in [6.45, 7) is 0.829. The Morgan fingerprint density at radius 3 is 2.64 bits per heavy atom. The number of nitrogens with one attached hydrogen (secondary N) is 2. The Bertz CT molecular complexity index is 562. The molecule has 22 heavy (non-hydrogen) atoms. The van der Waals surface area contributed by atoms with Crippen molar-refractivity contribution in [1.82, 2.24) is 5.32 Å². The molecule has 1 aromatic carbocycles. The van der Waals surface area contributed by atoms with Crippen LogP contribution in [0.25, 0.3) is 0 Å². The van der Waals surface area contributed by atoms with Crippen LogP contribution in [0, 0.1) is 0 Å². The zero-order valence-corrected chi connectivity index (χ0v) is 13.7. The number of hydrogen-bond donors (Lipinski definition) is 3. The van der Waals surface area contributed by atoms with E-state index in [1.54, 1.807) is 19.2 Å². The Morgan fingerprint density at radius 1 is 1.41 bits per heavy atom. The second-order valence-electron chi connectivity index (χ2n) is 5.05. The maximum absolute atomic E-state index is 11.9. The van der Waals surface area contributed by atoms with Crippen LogP contribution in [-0.2, 0) is 9.53 Å². The SMILES string of the molecule is COCCNC(=O)c1ccc(NC(=O)C2(N)CC2)cc1Cl.Cl. The molecule has 0 saturated heterocycles. The summed E-state index contributed by atoms with van der Waals surface area (Å²) in [7, 11) is 1.56. The molecule has 1 saturated carbocycles. The van der Waals surface area contributed by atoms with Crippen LogP contribution in [0.2, 0.25) is 5.02 Å². The molecular weight excluding hydrogens is 329 g/mol. The minimum atomic E-state index is -0.747. The van der Waals surface area contributed by atoms with Crippen LogP contribution in [0.5, 0.6) is 0 Å². The summed E-state index contributed by atoms with van der Waals surface area (Å²) in [6.07, 6.45) is 1.37. The Labute approximate surface area is 140 Å². The first-order chi connectivity index (χ1) is 9.96. The van der Waals surface area contributed by atoms with Crippen LogP contribution in [0.1, 0.15) is 23.2 Å². The average molecular weight is 348 g/mol. The number of rotatable bonds is 6. The third-order valence-corrected chi connectivity index (χ3v) is 3.62. The predicted molar refractivity (Wildman–Crippen MR) is 87.7 cm³/mol. The molecule has 6 nitrogen and oxygen atoms in total. The molecule has 0 aliphatic heterocycles. The molecule has 0 heterocycles. The highest BCUT2D eigenvalue weighted by Crippen LogP contribution is 2.33. The number of carbonyl (C=O) groups excluding carboxylic acids is 2. The van der Waals surface area contributed by atoms with Crippen LogP contribution >= 0.6 is 24.0 Å². The zero-order chi connectivity index (χ0) is 15.5. The Kier molecular flexibility index (Phi) is 6.62. The third kappa shape index (κ3) is 4.58. The van der Waals surface area contributed by atoms with E-state index in [1.807, 2.05) is 0 Å². The molecule has 122 valence electrons. The van der Waals surface area contributed by atoms with E-state index in [1.165, 1.54) is 6.07 Å². The van der Waals surface area contributed by atoms with Crippen molar-refractivity contribution in [2.45, 2.75) is 18.4 Å². The lowest BCUT2D eigenvalue weighted by atomic mass is 10.1. The van der Waals surface area contributed by atoms with Gasteiger partial charge in [-0.2, -0.15) is 0 Å². The first kappa shape index (κ1) is 18.7. The monoisotopic (exact) mass is 347 g/mol. The van der Waals surface area contributed by atoms with Gasteiger partial charge in [0.25, 0.3) is 5.91 Å². The van der Waals surface area contributed by atoms with Gasteiger partial charge >= 0.3 is 0 Å². The highest BCUT2D eigenvalue weighted by Gasteiger charge is 2.45. The summed E-state index contributed by atoms with van der Waals surface area (Å²) in [5.41, 5.74) is 5.92. The summed E-state index contributed by atoms with van der Waals surface area (Å²) in [5, 5.41) is 5.65. The minimum Gasteiger partial charge on any atom is -0.383 e. The number of amides is 2. The largest absolute Gasteiger partial charge is 0.383 e. The highest BCUT2D eigenvalue weighted by molar-refractivity contribution is 6.34. The van der Waals surface area contributed by atoms with Gasteiger partial charge in [-0.15, -0.1) is 12.4 Å². The van der Waals surface area contributed by atoms with E-state index in [9.17, 15) is 9.59 Å². The van der Waals surface area contributed by atoms with Crippen LogP contribution in [0.3, 0.4) is 0 Å². The molecule has 0 spiro atoms. The van der Waals surface area contributed by atoms with Gasteiger partial charge in [0.15, 0.2) is 0 Å². The van der Waals surface area contributed by atoms with E-state index in [2.05, 4.69) is 10.6 Å². The summed E-state index contributed by atoms with van der Waals surface area (Å²) in [5.74, 6) is -0.511. The van der Waals surface area contributed by atoms with E-state index in [0.717, 1.165) is 0 Å². The lowest BCUT2D eigenvalue weighted by molar-refractivity contribution is -0.118. The fourth-order valence-corrected chi connectivity index (χ4v) is 2.02. The maximum atomic E-state index is 11.9. The number of ether oxygens (including phenoxy) is 1. The molecule has 0 radical (unpaired) electrons. The molecule has 0 bridgehead atoms. The molecule has 0 atom stereocenters. The predicted octanol–water partition coefficient (Wildman–Crippen LogP) is 1.57. The second kappa shape index (κ2) is 7.78. The molecule has 0 aromatic heterocycles. The Balaban J connectivity index is 0.00000242. The fraction of sp³-hybridized carbons (Fsp3) is 0.429. The van der Waals surface area contributed by atoms with Gasteiger partial charge < -0.3 is 21.1 Å². The number of halogens is 2. The van der Waals surface area contributed by atoms with Crippen molar-refractivity contribution >= 4 is 41.5 Å². The van der Waals surface area contributed by atoms with Gasteiger partial charge in [0.1, 0.15) is 0 Å². The van der Waals surface area contributed by atoms with Gasteiger partial charge in [0.05, 0.1) is 22.7 Å². The van der Waals surface area contributed by atoms with Crippen molar-refractivity contribution in [3.8, 4) is 0 Å². The summed E-state index contributed by atoms with van der Waals surface area (Å²) >= 11 is 6.08. The van der Waals surface area contributed by atoms with Crippen molar-refractivity contribution in [3.63, 3.8) is 0 Å². The Morgan fingerprint density at radius 2 is 2.09 bits per heavy atom. The quantitative estimate of drug-likeness (QED) is 0.681. The van der Waals surface area contributed by atoms with Gasteiger partial charge in [-0.05, 0) is 31.0 Å². The molecule has 1 aliphatic rings. The molecule has 0 unspecified atom stereocenters. The third-order valence-electron chi connectivity index (χ3n) is 3.30. The number of nitrogens with two attached hydrogens (primary N) is 1. The Hall–Kier alpha value is -1.34. The summed E-state index contributed by atoms with van der Waals surface area (Å²) in [4.78, 5) is 23.7. The number of benzene rings is 1. The van der Waals surface area contributed by atoms with Crippen molar-refractivity contribution in [2.24, 2.45) is 5.73 Å². The zero-order valence-electron chi connectivity index (χ0n) is 12.1. The van der Waals surface area contributed by atoms with Crippen LogP contribution in [0.4, 0.5) is 5.69 Å². The maximum Gasteiger partial charge on any atom is 0.252 e. The number of carbonyl (C=O) groups is 2. The van der Waals surface area contributed by atoms with Crippen molar-refractivity contribution in [3.05, 3.63) is 28.8 Å². The topological polar surface area (TPSA) is 93.5 Å². The molecule has 2 rings (SSSR count). The lowest BCUT2D eigenvalue weighted by Crippen LogP contribution is -2.37. The van der Waals surface area contributed by atoms with Crippen LogP contribution < -0.4 is 16.4 Å². The first-order valence-electron chi connectivity index (χ1n) is 6.63. The van der Waals surface area contributed by atoms with Gasteiger partial charge in [-0.1, -0.05) is 11.6 Å². The summed E-state index contributed by atoms with van der Waals surface area (Å²) in [6, 6.07) is 4.73. The molecule has 4 N–H and O–H groups in total. The van der Waals surface area contributed by atoms with Crippen molar-refractivity contribution in [1.29, 1.82) is 0 Å². The van der Waals surface area contributed by atoms with Gasteiger partial charge in [-0.25, -0.2) is 0 Å². The summed E-state index contributed by atoms with van der Waals surface area (Å²) < 4.78 is 4.85. The molecule has 2 amide bonds. The molecule has 1 aliphatic carbocycles. The molecule has 1 aromatic rings.